The Morgan fingerprint density at radius 2 is 1.90 bits per heavy atom. The topological polar surface area (TPSA) is 32.3 Å². The van der Waals surface area contributed by atoms with E-state index < -0.39 is 0 Å². The van der Waals surface area contributed by atoms with Crippen LogP contribution < -0.4 is 5.32 Å². The van der Waals surface area contributed by atoms with E-state index in [1.807, 2.05) is 0 Å². The number of nitrogens with one attached hydrogen (secondary N) is 1. The molecule has 0 aromatic rings. The van der Waals surface area contributed by atoms with Crippen LogP contribution in [0, 0.1) is 11.8 Å². The number of carbonyl (C=O) groups excluding carboxylic acids is 1. The lowest BCUT2D eigenvalue weighted by molar-refractivity contribution is -0.140. The number of hydrogen-bond donors (Lipinski definition) is 1. The number of likely N-dealkylation sites (tertiary alicyclic amines) is 1. The summed E-state index contributed by atoms with van der Waals surface area (Å²) in [6.07, 6.45) is 8.25. The molecule has 2 aliphatic rings. The molecule has 3 nitrogen and oxygen atoms in total. The van der Waals surface area contributed by atoms with Crippen LogP contribution in [0.3, 0.4) is 0 Å². The monoisotopic (exact) mass is 302 g/mol. The lowest BCUT2D eigenvalue weighted by Gasteiger charge is -2.39. The fraction of sp³-hybridized carbons (Fsp3) is 0.938. The van der Waals surface area contributed by atoms with E-state index in [9.17, 15) is 4.79 Å². The molecule has 0 radical (unpaired) electrons. The van der Waals surface area contributed by atoms with Crippen LogP contribution in [0.25, 0.3) is 0 Å². The van der Waals surface area contributed by atoms with Crippen LogP contribution in [-0.2, 0) is 4.79 Å². The van der Waals surface area contributed by atoms with E-state index in [2.05, 4.69) is 24.1 Å². The minimum atomic E-state index is 0. The second-order valence-electron chi connectivity index (χ2n) is 6.68. The molecule has 1 amide bonds. The first kappa shape index (κ1) is 17.8. The molecule has 2 fully saturated rings. The standard InChI is InChI=1S/C16H30N2O.ClH/c1-13(2)6-7-15-5-3-4-12-18(15)16(19)14-8-10-17-11-9-14;/h13-15,17H,3-12H2,1-2H3;1H. The molecule has 4 heteroatoms. The number of hydrogen-bond acceptors (Lipinski definition) is 2. The summed E-state index contributed by atoms with van der Waals surface area (Å²) in [5.41, 5.74) is 0. The van der Waals surface area contributed by atoms with E-state index in [1.54, 1.807) is 0 Å². The van der Waals surface area contributed by atoms with Gasteiger partial charge < -0.3 is 10.2 Å². The van der Waals surface area contributed by atoms with E-state index in [4.69, 9.17) is 0 Å². The van der Waals surface area contributed by atoms with Crippen LogP contribution in [-0.4, -0.2) is 36.5 Å². The molecule has 0 aromatic heterocycles. The Balaban J connectivity index is 0.00000200. The zero-order valence-electron chi connectivity index (χ0n) is 13.1. The van der Waals surface area contributed by atoms with Gasteiger partial charge in [-0.3, -0.25) is 4.79 Å². The number of rotatable bonds is 4. The van der Waals surface area contributed by atoms with Crippen LogP contribution in [0.1, 0.15) is 58.8 Å². The minimum absolute atomic E-state index is 0. The maximum Gasteiger partial charge on any atom is 0.226 e. The van der Waals surface area contributed by atoms with Gasteiger partial charge in [-0.15, -0.1) is 12.4 Å². The maximum atomic E-state index is 12.7. The van der Waals surface area contributed by atoms with Crippen LogP contribution in [0.5, 0.6) is 0 Å². The van der Waals surface area contributed by atoms with E-state index >= 15 is 0 Å². The first-order valence-electron chi connectivity index (χ1n) is 8.19. The normalized spacial score (nSPS) is 24.6. The van der Waals surface area contributed by atoms with Crippen molar-refractivity contribution >= 4 is 18.3 Å². The summed E-state index contributed by atoms with van der Waals surface area (Å²) in [5.74, 6) is 1.49. The van der Waals surface area contributed by atoms with Crippen molar-refractivity contribution in [2.24, 2.45) is 11.8 Å². The summed E-state index contributed by atoms with van der Waals surface area (Å²) < 4.78 is 0. The number of carbonyl (C=O) groups is 1. The Morgan fingerprint density at radius 1 is 1.20 bits per heavy atom. The summed E-state index contributed by atoms with van der Waals surface area (Å²) >= 11 is 0. The number of nitrogens with zero attached hydrogens (tertiary/aromatic N) is 1. The third-order valence-electron chi connectivity index (χ3n) is 4.68. The van der Waals surface area contributed by atoms with Crippen LogP contribution in [0.4, 0.5) is 0 Å². The molecule has 2 aliphatic heterocycles. The Hall–Kier alpha value is -0.280. The second-order valence-corrected chi connectivity index (χ2v) is 6.68. The van der Waals surface area contributed by atoms with Gasteiger partial charge in [0.2, 0.25) is 5.91 Å². The smallest absolute Gasteiger partial charge is 0.226 e. The van der Waals surface area contributed by atoms with Gasteiger partial charge in [0.15, 0.2) is 0 Å². The highest BCUT2D eigenvalue weighted by Crippen LogP contribution is 2.26. The molecule has 0 spiro atoms. The Morgan fingerprint density at radius 3 is 2.55 bits per heavy atom. The van der Waals surface area contributed by atoms with E-state index in [0.29, 0.717) is 17.9 Å². The van der Waals surface area contributed by atoms with Crippen LogP contribution >= 0.6 is 12.4 Å². The number of amides is 1. The van der Waals surface area contributed by atoms with Gasteiger partial charge in [0.05, 0.1) is 0 Å². The van der Waals surface area contributed by atoms with Gasteiger partial charge in [0.1, 0.15) is 0 Å². The van der Waals surface area contributed by atoms with Gasteiger partial charge in [0, 0.05) is 18.5 Å². The number of piperidine rings is 2. The maximum absolute atomic E-state index is 12.7. The summed E-state index contributed by atoms with van der Waals surface area (Å²) in [6, 6.07) is 0.526. The Labute approximate surface area is 130 Å². The van der Waals surface area contributed by atoms with Crippen molar-refractivity contribution in [3.63, 3.8) is 0 Å². The van der Waals surface area contributed by atoms with Crippen LogP contribution in [0.15, 0.2) is 0 Å². The van der Waals surface area contributed by atoms with E-state index in [1.165, 1.54) is 32.1 Å². The zero-order chi connectivity index (χ0) is 13.7. The van der Waals surface area contributed by atoms with Crippen LogP contribution in [0.2, 0.25) is 0 Å². The van der Waals surface area contributed by atoms with Crippen molar-refractivity contribution in [1.29, 1.82) is 0 Å². The summed E-state index contributed by atoms with van der Waals surface area (Å²) in [5, 5.41) is 3.35. The van der Waals surface area contributed by atoms with Gasteiger partial charge in [-0.1, -0.05) is 13.8 Å². The Kier molecular flexibility index (Phi) is 7.90. The number of halogens is 1. The molecule has 2 saturated heterocycles. The third kappa shape index (κ3) is 4.92. The average Bonchev–Trinajstić information content (AvgIpc) is 2.45. The average molecular weight is 303 g/mol. The molecule has 0 aromatic carbocycles. The SMILES string of the molecule is CC(C)CCC1CCCCN1C(=O)C1CCNCC1.Cl. The lowest BCUT2D eigenvalue weighted by atomic mass is 9.91. The van der Waals surface area contributed by atoms with E-state index in [-0.39, 0.29) is 12.4 Å². The summed E-state index contributed by atoms with van der Waals surface area (Å²) in [7, 11) is 0. The molecular formula is C16H31ClN2O. The van der Waals surface area contributed by atoms with Gasteiger partial charge >= 0.3 is 0 Å². The second kappa shape index (κ2) is 8.89. The largest absolute Gasteiger partial charge is 0.339 e. The first-order chi connectivity index (χ1) is 9.18. The van der Waals surface area contributed by atoms with Crippen molar-refractivity contribution in [3.05, 3.63) is 0 Å². The van der Waals surface area contributed by atoms with Gasteiger partial charge in [-0.05, 0) is 64.0 Å². The highest BCUT2D eigenvalue weighted by atomic mass is 35.5. The molecule has 20 heavy (non-hydrogen) atoms. The molecule has 1 N–H and O–H groups in total. The van der Waals surface area contributed by atoms with Crippen molar-refractivity contribution < 1.29 is 4.79 Å². The van der Waals surface area contributed by atoms with E-state index in [0.717, 1.165) is 38.4 Å². The molecule has 1 atom stereocenters. The summed E-state index contributed by atoms with van der Waals surface area (Å²) in [4.78, 5) is 14.9. The molecule has 0 aliphatic carbocycles. The highest BCUT2D eigenvalue weighted by molar-refractivity contribution is 5.85. The predicted molar refractivity (Wildman–Crippen MR) is 86.3 cm³/mol. The molecule has 2 heterocycles. The zero-order valence-corrected chi connectivity index (χ0v) is 13.9. The van der Waals surface area contributed by atoms with Crippen molar-refractivity contribution in [2.45, 2.75) is 64.8 Å². The predicted octanol–water partition coefficient (Wildman–Crippen LogP) is 3.23. The highest BCUT2D eigenvalue weighted by Gasteiger charge is 2.31. The lowest BCUT2D eigenvalue weighted by Crippen LogP contribution is -2.48. The molecule has 0 saturated carbocycles. The quantitative estimate of drug-likeness (QED) is 0.865. The minimum Gasteiger partial charge on any atom is -0.339 e. The summed E-state index contributed by atoms with van der Waals surface area (Å²) in [6.45, 7) is 7.59. The van der Waals surface area contributed by atoms with Gasteiger partial charge in [-0.2, -0.15) is 0 Å². The van der Waals surface area contributed by atoms with Gasteiger partial charge in [-0.25, -0.2) is 0 Å². The third-order valence-corrected chi connectivity index (χ3v) is 4.68. The molecule has 2 rings (SSSR count). The van der Waals surface area contributed by atoms with Crippen molar-refractivity contribution in [1.82, 2.24) is 10.2 Å². The van der Waals surface area contributed by atoms with Crippen molar-refractivity contribution in [3.8, 4) is 0 Å². The fourth-order valence-corrected chi connectivity index (χ4v) is 3.42. The van der Waals surface area contributed by atoms with Crippen molar-refractivity contribution in [2.75, 3.05) is 19.6 Å². The molecule has 1 unspecified atom stereocenters. The molecular weight excluding hydrogens is 272 g/mol. The molecule has 118 valence electrons. The first-order valence-corrected chi connectivity index (χ1v) is 8.19. The fourth-order valence-electron chi connectivity index (χ4n) is 3.42. The Bertz CT molecular complexity index is 290. The van der Waals surface area contributed by atoms with Gasteiger partial charge in [0.25, 0.3) is 0 Å². The molecule has 0 bridgehead atoms.